The largest absolute Gasteiger partial charge is 0.490 e. The number of halogens is 1. The fourth-order valence-corrected chi connectivity index (χ4v) is 2.31. The smallest absolute Gasteiger partial charge is 0.161 e. The topological polar surface area (TPSA) is 50.7 Å². The van der Waals surface area contributed by atoms with E-state index in [9.17, 15) is 5.11 Å². The molecule has 136 valence electrons. The van der Waals surface area contributed by atoms with Gasteiger partial charge in [-0.25, -0.2) is 0 Å². The summed E-state index contributed by atoms with van der Waals surface area (Å²) >= 11 is 5.90. The fourth-order valence-electron chi connectivity index (χ4n) is 2.19. The average Bonchev–Trinajstić information content (AvgIpc) is 2.61. The van der Waals surface area contributed by atoms with Gasteiger partial charge in [-0.2, -0.15) is 0 Å². The first-order valence-corrected chi connectivity index (χ1v) is 8.80. The highest BCUT2D eigenvalue weighted by atomic mass is 35.5. The molecule has 0 fully saturated rings. The Balaban J connectivity index is 2.05. The first kappa shape index (κ1) is 19.6. The van der Waals surface area contributed by atoms with Crippen LogP contribution in [0, 0.1) is 0 Å². The fraction of sp³-hybridized carbons (Fsp3) is 0.400. The summed E-state index contributed by atoms with van der Waals surface area (Å²) in [7, 11) is 0. The van der Waals surface area contributed by atoms with Crippen molar-refractivity contribution in [3.63, 3.8) is 0 Å². The third-order valence-corrected chi connectivity index (χ3v) is 4.03. The molecule has 25 heavy (non-hydrogen) atoms. The van der Waals surface area contributed by atoms with E-state index in [1.54, 1.807) is 0 Å². The Labute approximate surface area is 154 Å². The van der Waals surface area contributed by atoms with Crippen LogP contribution in [0.25, 0.3) is 0 Å². The molecule has 5 heteroatoms. The van der Waals surface area contributed by atoms with Crippen LogP contribution in [0.2, 0.25) is 5.02 Å². The summed E-state index contributed by atoms with van der Waals surface area (Å²) in [5.41, 5.74) is 1.79. The highest BCUT2D eigenvalue weighted by molar-refractivity contribution is 6.30. The lowest BCUT2D eigenvalue weighted by Crippen LogP contribution is -2.42. The number of hydrogen-bond donors (Lipinski definition) is 2. The molecule has 2 aromatic carbocycles. The number of aliphatic hydroxyl groups is 1. The van der Waals surface area contributed by atoms with Crippen LogP contribution in [0.3, 0.4) is 0 Å². The molecule has 0 aliphatic rings. The maximum Gasteiger partial charge on any atom is 0.161 e. The van der Waals surface area contributed by atoms with Crippen LogP contribution in [0.1, 0.15) is 31.9 Å². The summed E-state index contributed by atoms with van der Waals surface area (Å²) in [6.45, 7) is 7.60. The Hall–Kier alpha value is -1.75. The van der Waals surface area contributed by atoms with Gasteiger partial charge in [0.15, 0.2) is 11.5 Å². The van der Waals surface area contributed by atoms with Gasteiger partial charge in [0.05, 0.1) is 13.2 Å². The minimum absolute atomic E-state index is 0.0770. The van der Waals surface area contributed by atoms with Crippen LogP contribution in [-0.2, 0) is 13.2 Å². The van der Waals surface area contributed by atoms with Gasteiger partial charge in [0.1, 0.15) is 6.61 Å². The van der Waals surface area contributed by atoms with Gasteiger partial charge in [-0.05, 0) is 56.2 Å². The second kappa shape index (κ2) is 9.09. The first-order chi connectivity index (χ1) is 11.9. The number of rotatable bonds is 9. The molecule has 2 N–H and O–H groups in total. The monoisotopic (exact) mass is 363 g/mol. The van der Waals surface area contributed by atoms with Crippen molar-refractivity contribution in [2.75, 3.05) is 13.2 Å². The number of benzene rings is 2. The van der Waals surface area contributed by atoms with E-state index < -0.39 is 0 Å². The lowest BCUT2D eigenvalue weighted by molar-refractivity contribution is 0.187. The molecule has 0 saturated carbocycles. The van der Waals surface area contributed by atoms with Crippen molar-refractivity contribution in [2.45, 2.75) is 39.5 Å². The molecule has 0 unspecified atom stereocenters. The molecular formula is C20H26ClNO3. The molecule has 0 atom stereocenters. The van der Waals surface area contributed by atoms with Gasteiger partial charge < -0.3 is 19.9 Å². The van der Waals surface area contributed by atoms with E-state index in [1.165, 1.54) is 0 Å². The van der Waals surface area contributed by atoms with Crippen molar-refractivity contribution >= 4 is 11.6 Å². The summed E-state index contributed by atoms with van der Waals surface area (Å²) in [4.78, 5) is 0. The van der Waals surface area contributed by atoms with Crippen LogP contribution in [-0.4, -0.2) is 23.9 Å². The number of ether oxygens (including phenoxy) is 2. The molecule has 0 spiro atoms. The van der Waals surface area contributed by atoms with Crippen LogP contribution in [0.4, 0.5) is 0 Å². The van der Waals surface area contributed by atoms with E-state index in [1.807, 2.05) is 63.2 Å². The Morgan fingerprint density at radius 3 is 2.32 bits per heavy atom. The minimum atomic E-state index is -0.324. The zero-order valence-corrected chi connectivity index (χ0v) is 15.8. The molecule has 0 radical (unpaired) electrons. The minimum Gasteiger partial charge on any atom is -0.490 e. The van der Waals surface area contributed by atoms with Crippen LogP contribution in [0.5, 0.6) is 11.5 Å². The Kier molecular flexibility index (Phi) is 7.12. The van der Waals surface area contributed by atoms with E-state index in [2.05, 4.69) is 5.32 Å². The van der Waals surface area contributed by atoms with Gasteiger partial charge in [-0.3, -0.25) is 0 Å². The summed E-state index contributed by atoms with van der Waals surface area (Å²) < 4.78 is 11.6. The van der Waals surface area contributed by atoms with E-state index in [0.29, 0.717) is 30.5 Å². The summed E-state index contributed by atoms with van der Waals surface area (Å²) in [6.07, 6.45) is 0. The molecule has 2 aromatic rings. The predicted octanol–water partition coefficient (Wildman–Crippen LogP) is 4.18. The van der Waals surface area contributed by atoms with Crippen molar-refractivity contribution < 1.29 is 14.6 Å². The zero-order chi connectivity index (χ0) is 18.3. The number of nitrogens with one attached hydrogen (secondary N) is 1. The molecular weight excluding hydrogens is 338 g/mol. The van der Waals surface area contributed by atoms with Crippen molar-refractivity contribution in [3.8, 4) is 11.5 Å². The normalized spacial score (nSPS) is 11.4. The Morgan fingerprint density at radius 1 is 1.00 bits per heavy atom. The van der Waals surface area contributed by atoms with Crippen LogP contribution >= 0.6 is 11.6 Å². The van der Waals surface area contributed by atoms with Gasteiger partial charge >= 0.3 is 0 Å². The molecule has 0 aliphatic heterocycles. The Bertz CT molecular complexity index is 671. The van der Waals surface area contributed by atoms with E-state index >= 15 is 0 Å². The lowest BCUT2D eigenvalue weighted by atomic mass is 10.1. The second-order valence-electron chi connectivity index (χ2n) is 6.52. The van der Waals surface area contributed by atoms with Crippen LogP contribution < -0.4 is 14.8 Å². The van der Waals surface area contributed by atoms with Gasteiger partial charge in [0, 0.05) is 17.1 Å². The van der Waals surface area contributed by atoms with Crippen molar-refractivity contribution in [1.82, 2.24) is 5.32 Å². The first-order valence-electron chi connectivity index (χ1n) is 8.42. The molecule has 0 aliphatic carbocycles. The van der Waals surface area contributed by atoms with Gasteiger partial charge in [0.25, 0.3) is 0 Å². The lowest BCUT2D eigenvalue weighted by Gasteiger charge is -2.24. The maximum atomic E-state index is 9.33. The molecule has 0 amide bonds. The van der Waals surface area contributed by atoms with Gasteiger partial charge in [0.2, 0.25) is 0 Å². The van der Waals surface area contributed by atoms with E-state index in [0.717, 1.165) is 16.9 Å². The highest BCUT2D eigenvalue weighted by Crippen LogP contribution is 2.29. The third-order valence-electron chi connectivity index (χ3n) is 3.78. The van der Waals surface area contributed by atoms with Crippen molar-refractivity contribution in [1.29, 1.82) is 0 Å². The van der Waals surface area contributed by atoms with E-state index in [-0.39, 0.29) is 12.1 Å². The Morgan fingerprint density at radius 2 is 1.68 bits per heavy atom. The molecule has 0 bridgehead atoms. The standard InChI is InChI=1S/C20H26ClNO3/c1-4-24-19-11-16(12-22-20(2,3)14-23)7-10-18(19)25-13-15-5-8-17(21)9-6-15/h5-11,22-23H,4,12-14H2,1-3H3. The van der Waals surface area contributed by atoms with Gasteiger partial charge in [-0.15, -0.1) is 0 Å². The van der Waals surface area contributed by atoms with Crippen molar-refractivity contribution in [2.24, 2.45) is 0 Å². The molecule has 2 rings (SSSR count). The summed E-state index contributed by atoms with van der Waals surface area (Å²) in [5, 5.41) is 13.4. The molecule has 0 aromatic heterocycles. The molecule has 0 heterocycles. The molecule has 0 saturated heterocycles. The summed E-state index contributed by atoms with van der Waals surface area (Å²) in [5.74, 6) is 1.43. The SMILES string of the molecule is CCOc1cc(CNC(C)(C)CO)ccc1OCc1ccc(Cl)cc1. The zero-order valence-electron chi connectivity index (χ0n) is 15.0. The highest BCUT2D eigenvalue weighted by Gasteiger charge is 2.15. The molecule has 4 nitrogen and oxygen atoms in total. The average molecular weight is 364 g/mol. The van der Waals surface area contributed by atoms with Crippen molar-refractivity contribution in [3.05, 3.63) is 58.6 Å². The van der Waals surface area contributed by atoms with Gasteiger partial charge in [-0.1, -0.05) is 29.8 Å². The summed E-state index contributed by atoms with van der Waals surface area (Å²) in [6, 6.07) is 13.5. The second-order valence-corrected chi connectivity index (χ2v) is 6.96. The number of aliphatic hydroxyl groups excluding tert-OH is 1. The quantitative estimate of drug-likeness (QED) is 0.701. The van der Waals surface area contributed by atoms with E-state index in [4.69, 9.17) is 21.1 Å². The van der Waals surface area contributed by atoms with Crippen LogP contribution in [0.15, 0.2) is 42.5 Å². The number of hydrogen-bond acceptors (Lipinski definition) is 4. The maximum absolute atomic E-state index is 9.33. The predicted molar refractivity (Wildman–Crippen MR) is 101 cm³/mol. The third kappa shape index (κ3) is 6.24.